The first-order valence-corrected chi connectivity index (χ1v) is 7.22. The Morgan fingerprint density at radius 2 is 1.95 bits per heavy atom. The zero-order chi connectivity index (χ0) is 15.6. The third kappa shape index (κ3) is 3.74. The molecule has 2 rings (SSSR count). The molecule has 5 nitrogen and oxygen atoms in total. The van der Waals surface area contributed by atoms with Gasteiger partial charge in [0.2, 0.25) is 0 Å². The second-order valence-electron chi connectivity index (χ2n) is 5.32. The third-order valence-electron chi connectivity index (χ3n) is 2.79. The molecule has 0 saturated heterocycles. The van der Waals surface area contributed by atoms with Gasteiger partial charge >= 0.3 is 5.97 Å². The van der Waals surface area contributed by atoms with Gasteiger partial charge < -0.3 is 20.7 Å². The first kappa shape index (κ1) is 15.3. The fourth-order valence-electron chi connectivity index (χ4n) is 1.80. The number of hydrogen-bond acceptors (Lipinski definition) is 5. The van der Waals surface area contributed by atoms with Crippen LogP contribution in [0.25, 0.3) is 11.1 Å². The Labute approximate surface area is 126 Å². The summed E-state index contributed by atoms with van der Waals surface area (Å²) < 4.78 is 5.46. The SMILES string of the molecule is CC(C)(O)COc1ccc(-c2csc(N)c2C(=O)O)cc1. The van der Waals surface area contributed by atoms with E-state index in [4.69, 9.17) is 10.5 Å². The molecule has 2 aromatic rings. The number of anilines is 1. The standard InChI is InChI=1S/C15H17NO4S/c1-15(2,19)8-20-10-5-3-9(4-6-10)11-7-21-13(16)12(11)14(17)18/h3-7,19H,8,16H2,1-2H3,(H,17,18). The molecule has 0 fully saturated rings. The van der Waals surface area contributed by atoms with E-state index in [0.717, 1.165) is 5.56 Å². The maximum absolute atomic E-state index is 11.2. The molecule has 1 aromatic carbocycles. The van der Waals surface area contributed by atoms with Crippen LogP contribution in [-0.2, 0) is 0 Å². The minimum atomic E-state index is -1.04. The van der Waals surface area contributed by atoms with Gasteiger partial charge in [-0.15, -0.1) is 11.3 Å². The molecule has 0 amide bonds. The van der Waals surface area contributed by atoms with Crippen LogP contribution >= 0.6 is 11.3 Å². The van der Waals surface area contributed by atoms with Crippen LogP contribution in [0.5, 0.6) is 5.75 Å². The van der Waals surface area contributed by atoms with Gasteiger partial charge in [0.05, 0.1) is 5.60 Å². The fraction of sp³-hybridized carbons (Fsp3) is 0.267. The molecule has 0 spiro atoms. The van der Waals surface area contributed by atoms with Crippen LogP contribution in [0.1, 0.15) is 24.2 Å². The number of ether oxygens (including phenoxy) is 1. The van der Waals surface area contributed by atoms with Gasteiger partial charge in [-0.05, 0) is 31.5 Å². The van der Waals surface area contributed by atoms with E-state index in [1.807, 2.05) is 0 Å². The van der Waals surface area contributed by atoms with E-state index in [0.29, 0.717) is 16.3 Å². The number of carbonyl (C=O) groups is 1. The molecule has 0 aliphatic heterocycles. The molecule has 0 saturated carbocycles. The molecule has 1 heterocycles. The van der Waals surface area contributed by atoms with Crippen molar-refractivity contribution in [3.63, 3.8) is 0 Å². The number of thiophene rings is 1. The van der Waals surface area contributed by atoms with Crippen LogP contribution in [0.15, 0.2) is 29.6 Å². The smallest absolute Gasteiger partial charge is 0.339 e. The van der Waals surface area contributed by atoms with Crippen LogP contribution in [0.2, 0.25) is 0 Å². The van der Waals surface area contributed by atoms with Crippen LogP contribution < -0.4 is 10.5 Å². The number of hydrogen-bond donors (Lipinski definition) is 3. The second kappa shape index (κ2) is 5.75. The lowest BCUT2D eigenvalue weighted by Crippen LogP contribution is -2.27. The zero-order valence-corrected chi connectivity index (χ0v) is 12.6. The van der Waals surface area contributed by atoms with Crippen molar-refractivity contribution < 1.29 is 19.7 Å². The van der Waals surface area contributed by atoms with E-state index >= 15 is 0 Å². The van der Waals surface area contributed by atoms with Crippen LogP contribution in [0.4, 0.5) is 5.00 Å². The van der Waals surface area contributed by atoms with Crippen LogP contribution in [0, 0.1) is 0 Å². The van der Waals surface area contributed by atoms with E-state index < -0.39 is 11.6 Å². The number of carboxylic acids is 1. The van der Waals surface area contributed by atoms with Gasteiger partial charge in [0.1, 0.15) is 22.9 Å². The highest BCUT2D eigenvalue weighted by Crippen LogP contribution is 2.34. The predicted molar refractivity (Wildman–Crippen MR) is 82.9 cm³/mol. The molecule has 1 aromatic heterocycles. The predicted octanol–water partition coefficient (Wildman–Crippen LogP) is 2.85. The van der Waals surface area contributed by atoms with Crippen LogP contribution in [0.3, 0.4) is 0 Å². The van der Waals surface area contributed by atoms with Crippen molar-refractivity contribution in [3.8, 4) is 16.9 Å². The van der Waals surface area contributed by atoms with Crippen molar-refractivity contribution >= 4 is 22.3 Å². The average Bonchev–Trinajstić information content (AvgIpc) is 2.78. The second-order valence-corrected chi connectivity index (χ2v) is 6.23. The summed E-state index contributed by atoms with van der Waals surface area (Å²) in [6.07, 6.45) is 0. The first-order valence-electron chi connectivity index (χ1n) is 6.34. The number of nitrogens with two attached hydrogens (primary N) is 1. The molecular formula is C15H17NO4S. The zero-order valence-electron chi connectivity index (χ0n) is 11.8. The summed E-state index contributed by atoms with van der Waals surface area (Å²) in [4.78, 5) is 11.2. The van der Waals surface area contributed by atoms with Crippen molar-refractivity contribution in [1.82, 2.24) is 0 Å². The van der Waals surface area contributed by atoms with E-state index in [1.165, 1.54) is 11.3 Å². The third-order valence-corrected chi connectivity index (χ3v) is 3.60. The molecule has 0 aliphatic carbocycles. The van der Waals surface area contributed by atoms with Gasteiger partial charge in [-0.1, -0.05) is 12.1 Å². The summed E-state index contributed by atoms with van der Waals surface area (Å²) in [5.41, 5.74) is 6.27. The summed E-state index contributed by atoms with van der Waals surface area (Å²) in [6.45, 7) is 3.50. The highest BCUT2D eigenvalue weighted by atomic mass is 32.1. The molecule has 6 heteroatoms. The van der Waals surface area contributed by atoms with Crippen molar-refractivity contribution in [2.24, 2.45) is 0 Å². The first-order chi connectivity index (χ1) is 9.78. The maximum Gasteiger partial charge on any atom is 0.339 e. The number of aliphatic hydroxyl groups is 1. The van der Waals surface area contributed by atoms with E-state index in [1.54, 1.807) is 43.5 Å². The van der Waals surface area contributed by atoms with Gasteiger partial charge in [-0.3, -0.25) is 0 Å². The number of carboxylic acid groups (broad SMARTS) is 1. The van der Waals surface area contributed by atoms with E-state index in [9.17, 15) is 15.0 Å². The number of benzene rings is 1. The lowest BCUT2D eigenvalue weighted by molar-refractivity contribution is 0.0285. The Morgan fingerprint density at radius 1 is 1.33 bits per heavy atom. The van der Waals surface area contributed by atoms with Crippen LogP contribution in [-0.4, -0.2) is 28.4 Å². The van der Waals surface area contributed by atoms with Gasteiger partial charge in [0.25, 0.3) is 0 Å². The Hall–Kier alpha value is -2.05. The Bertz CT molecular complexity index is 641. The van der Waals surface area contributed by atoms with E-state index in [-0.39, 0.29) is 12.2 Å². The normalized spacial score (nSPS) is 11.4. The quantitative estimate of drug-likeness (QED) is 0.790. The summed E-state index contributed by atoms with van der Waals surface area (Å²) >= 11 is 1.20. The number of aromatic carboxylic acids is 1. The minimum Gasteiger partial charge on any atom is -0.491 e. The maximum atomic E-state index is 11.2. The van der Waals surface area contributed by atoms with Gasteiger partial charge in [-0.25, -0.2) is 4.79 Å². The Kier molecular flexibility index (Phi) is 4.20. The average molecular weight is 307 g/mol. The molecule has 112 valence electrons. The molecule has 0 aliphatic rings. The Morgan fingerprint density at radius 3 is 2.48 bits per heavy atom. The van der Waals surface area contributed by atoms with Crippen molar-refractivity contribution in [2.75, 3.05) is 12.3 Å². The molecule has 21 heavy (non-hydrogen) atoms. The molecule has 0 atom stereocenters. The summed E-state index contributed by atoms with van der Waals surface area (Å²) in [5, 5.41) is 20.8. The molecule has 0 unspecified atom stereocenters. The van der Waals surface area contributed by atoms with Crippen molar-refractivity contribution in [3.05, 3.63) is 35.2 Å². The number of nitrogen functional groups attached to an aromatic ring is 1. The fourth-order valence-corrected chi connectivity index (χ4v) is 2.61. The topological polar surface area (TPSA) is 92.8 Å². The van der Waals surface area contributed by atoms with E-state index in [2.05, 4.69) is 0 Å². The summed E-state index contributed by atoms with van der Waals surface area (Å²) in [5.74, 6) is -0.424. The highest BCUT2D eigenvalue weighted by Gasteiger charge is 2.18. The monoisotopic (exact) mass is 307 g/mol. The Balaban J connectivity index is 2.22. The summed E-state index contributed by atoms with van der Waals surface area (Å²) in [7, 11) is 0. The lowest BCUT2D eigenvalue weighted by atomic mass is 10.0. The van der Waals surface area contributed by atoms with Gasteiger partial charge in [-0.2, -0.15) is 0 Å². The van der Waals surface area contributed by atoms with Gasteiger partial charge in [0.15, 0.2) is 0 Å². The van der Waals surface area contributed by atoms with Crippen molar-refractivity contribution in [1.29, 1.82) is 0 Å². The minimum absolute atomic E-state index is 0.130. The summed E-state index contributed by atoms with van der Waals surface area (Å²) in [6, 6.07) is 7.02. The molecule has 0 bridgehead atoms. The highest BCUT2D eigenvalue weighted by molar-refractivity contribution is 7.14. The lowest BCUT2D eigenvalue weighted by Gasteiger charge is -2.17. The largest absolute Gasteiger partial charge is 0.491 e. The molecule has 0 radical (unpaired) electrons. The molecule has 4 N–H and O–H groups in total. The van der Waals surface area contributed by atoms with Crippen molar-refractivity contribution in [2.45, 2.75) is 19.4 Å². The van der Waals surface area contributed by atoms with Gasteiger partial charge in [0, 0.05) is 10.9 Å². The number of rotatable bonds is 5. The molecular weight excluding hydrogens is 290 g/mol.